The van der Waals surface area contributed by atoms with Gasteiger partial charge in [-0.05, 0) is 56.2 Å². The van der Waals surface area contributed by atoms with E-state index < -0.39 is 5.72 Å². The summed E-state index contributed by atoms with van der Waals surface area (Å²) in [5, 5.41) is 8.17. The molecule has 0 amide bonds. The van der Waals surface area contributed by atoms with E-state index in [0.717, 1.165) is 23.9 Å². The van der Waals surface area contributed by atoms with Gasteiger partial charge in [0, 0.05) is 6.61 Å². The second kappa shape index (κ2) is 6.83. The van der Waals surface area contributed by atoms with Crippen LogP contribution in [0.4, 0.5) is 4.39 Å². The molecule has 8 nitrogen and oxygen atoms in total. The van der Waals surface area contributed by atoms with Gasteiger partial charge in [-0.15, -0.1) is 5.10 Å². The lowest BCUT2D eigenvalue weighted by Gasteiger charge is -2.28. The standard InChI is InChI=1S/C23H19FN6O2/c1-23(11-4-12-32-23)29-18-6-3-2-5-17(18)28-14-25-20(21(28)22(29)31)19-13-26-27-30(19)16-9-7-15(24)8-10-16/h2-3,5-10,13-14H,4,11-12H2,1H3. The average Bonchev–Trinajstić information content (AvgIpc) is 3.54. The number of ether oxygens (including phenoxy) is 1. The molecule has 0 aliphatic carbocycles. The number of imidazole rings is 1. The Hall–Kier alpha value is -3.85. The number of hydrogen-bond donors (Lipinski definition) is 0. The van der Waals surface area contributed by atoms with E-state index in [9.17, 15) is 9.18 Å². The van der Waals surface area contributed by atoms with Crippen LogP contribution in [0.5, 0.6) is 0 Å². The first-order valence-electron chi connectivity index (χ1n) is 10.4. The van der Waals surface area contributed by atoms with Crippen LogP contribution in [0.15, 0.2) is 65.8 Å². The molecule has 1 aliphatic heterocycles. The fourth-order valence-electron chi connectivity index (χ4n) is 4.57. The number of fused-ring (bicyclic) bond motifs is 3. The highest BCUT2D eigenvalue weighted by Gasteiger charge is 2.35. The zero-order chi connectivity index (χ0) is 21.9. The van der Waals surface area contributed by atoms with Crippen molar-refractivity contribution in [2.45, 2.75) is 25.5 Å². The summed E-state index contributed by atoms with van der Waals surface area (Å²) in [4.78, 5) is 18.5. The number of rotatable bonds is 3. The normalized spacial score (nSPS) is 18.7. The summed E-state index contributed by atoms with van der Waals surface area (Å²) < 4.78 is 24.6. The number of hydrogen-bond acceptors (Lipinski definition) is 5. The summed E-state index contributed by atoms with van der Waals surface area (Å²) in [7, 11) is 0. The second-order valence-electron chi connectivity index (χ2n) is 8.08. The van der Waals surface area contributed by atoms with Gasteiger partial charge in [0.15, 0.2) is 0 Å². The van der Waals surface area contributed by atoms with Crippen LogP contribution in [-0.4, -0.2) is 35.6 Å². The van der Waals surface area contributed by atoms with Gasteiger partial charge >= 0.3 is 0 Å². The molecule has 32 heavy (non-hydrogen) atoms. The van der Waals surface area contributed by atoms with Crippen molar-refractivity contribution < 1.29 is 9.13 Å². The van der Waals surface area contributed by atoms with Crippen LogP contribution >= 0.6 is 0 Å². The highest BCUT2D eigenvalue weighted by molar-refractivity contribution is 5.84. The molecule has 1 unspecified atom stereocenters. The zero-order valence-electron chi connectivity index (χ0n) is 17.3. The van der Waals surface area contributed by atoms with Crippen molar-refractivity contribution in [2.75, 3.05) is 6.61 Å². The summed E-state index contributed by atoms with van der Waals surface area (Å²) in [5.74, 6) is -0.345. The summed E-state index contributed by atoms with van der Waals surface area (Å²) in [5.41, 5.74) is 2.70. The Labute approximate surface area is 181 Å². The first-order valence-corrected chi connectivity index (χ1v) is 10.4. The molecule has 1 saturated heterocycles. The van der Waals surface area contributed by atoms with Gasteiger partial charge in [0.2, 0.25) is 0 Å². The third-order valence-electron chi connectivity index (χ3n) is 6.09. The quantitative estimate of drug-likeness (QED) is 0.438. The molecule has 5 aromatic rings. The fourth-order valence-corrected chi connectivity index (χ4v) is 4.57. The monoisotopic (exact) mass is 430 g/mol. The van der Waals surface area contributed by atoms with Gasteiger partial charge in [-0.25, -0.2) is 14.1 Å². The lowest BCUT2D eigenvalue weighted by Crippen LogP contribution is -2.39. The van der Waals surface area contributed by atoms with Gasteiger partial charge < -0.3 is 4.74 Å². The SMILES string of the molecule is CC1(n2c(=O)c3c(-c4cnnn4-c4ccc(F)cc4)ncn3c3ccccc32)CCCO1. The molecular formula is C23H19FN6O2. The van der Waals surface area contributed by atoms with E-state index in [2.05, 4.69) is 15.3 Å². The lowest BCUT2D eigenvalue weighted by molar-refractivity contribution is -0.0447. The van der Waals surface area contributed by atoms with Crippen molar-refractivity contribution in [1.29, 1.82) is 0 Å². The molecule has 1 fully saturated rings. The molecule has 0 saturated carbocycles. The zero-order valence-corrected chi connectivity index (χ0v) is 17.3. The highest BCUT2D eigenvalue weighted by Crippen LogP contribution is 2.33. The van der Waals surface area contributed by atoms with Crippen LogP contribution < -0.4 is 5.56 Å². The van der Waals surface area contributed by atoms with E-state index in [1.807, 2.05) is 31.2 Å². The Morgan fingerprint density at radius 1 is 1.09 bits per heavy atom. The number of halogens is 1. The molecule has 2 aromatic carbocycles. The Morgan fingerprint density at radius 3 is 2.62 bits per heavy atom. The van der Waals surface area contributed by atoms with Crippen molar-refractivity contribution in [3.8, 4) is 17.1 Å². The van der Waals surface area contributed by atoms with E-state index in [4.69, 9.17) is 4.74 Å². The Kier molecular flexibility index (Phi) is 4.03. The first-order chi connectivity index (χ1) is 15.6. The van der Waals surface area contributed by atoms with E-state index in [1.54, 1.807) is 38.3 Å². The minimum atomic E-state index is -0.741. The molecule has 6 rings (SSSR count). The molecule has 3 aromatic heterocycles. The Morgan fingerprint density at radius 2 is 1.88 bits per heavy atom. The maximum atomic E-state index is 13.9. The van der Waals surface area contributed by atoms with Gasteiger partial charge in [0.05, 0.1) is 22.9 Å². The smallest absolute Gasteiger partial charge is 0.280 e. The van der Waals surface area contributed by atoms with Crippen LogP contribution in [0, 0.1) is 5.82 Å². The van der Waals surface area contributed by atoms with E-state index in [-0.39, 0.29) is 11.4 Å². The van der Waals surface area contributed by atoms with Crippen molar-refractivity contribution in [1.82, 2.24) is 28.9 Å². The van der Waals surface area contributed by atoms with Gasteiger partial charge in [0.1, 0.15) is 34.8 Å². The van der Waals surface area contributed by atoms with Crippen LogP contribution in [0.3, 0.4) is 0 Å². The van der Waals surface area contributed by atoms with Crippen LogP contribution in [0.1, 0.15) is 19.8 Å². The minimum absolute atomic E-state index is 0.201. The Balaban J connectivity index is 1.67. The van der Waals surface area contributed by atoms with Crippen molar-refractivity contribution in [2.24, 2.45) is 0 Å². The van der Waals surface area contributed by atoms with E-state index >= 15 is 0 Å². The predicted octanol–water partition coefficient (Wildman–Crippen LogP) is 3.52. The minimum Gasteiger partial charge on any atom is -0.355 e. The number of aromatic nitrogens is 6. The molecule has 1 aliphatic rings. The van der Waals surface area contributed by atoms with Gasteiger partial charge in [-0.3, -0.25) is 13.8 Å². The predicted molar refractivity (Wildman–Crippen MR) is 116 cm³/mol. The molecule has 0 bridgehead atoms. The van der Waals surface area contributed by atoms with Crippen molar-refractivity contribution in [3.05, 3.63) is 77.2 Å². The lowest BCUT2D eigenvalue weighted by atomic mass is 10.1. The van der Waals surface area contributed by atoms with Gasteiger partial charge in [-0.1, -0.05) is 17.3 Å². The Bertz CT molecular complexity index is 1530. The largest absolute Gasteiger partial charge is 0.355 e. The average molecular weight is 430 g/mol. The topological polar surface area (TPSA) is 79.2 Å². The number of nitrogens with zero attached hydrogens (tertiary/aromatic N) is 6. The third kappa shape index (κ3) is 2.64. The molecule has 160 valence electrons. The maximum absolute atomic E-state index is 13.9. The molecule has 0 spiro atoms. The van der Waals surface area contributed by atoms with E-state index in [0.29, 0.717) is 29.2 Å². The van der Waals surface area contributed by atoms with Gasteiger partial charge in [0.25, 0.3) is 5.56 Å². The first kappa shape index (κ1) is 18.9. The summed E-state index contributed by atoms with van der Waals surface area (Å²) >= 11 is 0. The van der Waals surface area contributed by atoms with Gasteiger partial charge in [-0.2, -0.15) is 0 Å². The molecule has 9 heteroatoms. The molecular weight excluding hydrogens is 411 g/mol. The summed E-state index contributed by atoms with van der Waals surface area (Å²) in [6.07, 6.45) is 4.82. The summed E-state index contributed by atoms with van der Waals surface area (Å²) in [6, 6.07) is 13.6. The third-order valence-corrected chi connectivity index (χ3v) is 6.09. The molecule has 1 atom stereocenters. The summed E-state index contributed by atoms with van der Waals surface area (Å²) in [6.45, 7) is 2.56. The van der Waals surface area contributed by atoms with Crippen LogP contribution in [-0.2, 0) is 10.5 Å². The maximum Gasteiger partial charge on any atom is 0.280 e. The molecule has 0 N–H and O–H groups in total. The molecule has 0 radical (unpaired) electrons. The highest BCUT2D eigenvalue weighted by atomic mass is 19.1. The van der Waals surface area contributed by atoms with Crippen molar-refractivity contribution >= 4 is 16.6 Å². The second-order valence-corrected chi connectivity index (χ2v) is 8.08. The van der Waals surface area contributed by atoms with Crippen LogP contribution in [0.25, 0.3) is 33.6 Å². The van der Waals surface area contributed by atoms with Crippen molar-refractivity contribution in [3.63, 3.8) is 0 Å². The van der Waals surface area contributed by atoms with E-state index in [1.165, 1.54) is 12.1 Å². The fraction of sp³-hybridized carbons (Fsp3) is 0.217. The number of benzene rings is 2. The van der Waals surface area contributed by atoms with Crippen LogP contribution in [0.2, 0.25) is 0 Å². The molecule has 4 heterocycles. The number of para-hydroxylation sites is 2.